The Morgan fingerprint density at radius 1 is 1.06 bits per heavy atom. The summed E-state index contributed by atoms with van der Waals surface area (Å²) in [6.07, 6.45) is 2.21. The normalized spacial score (nSPS) is 26.2. The summed E-state index contributed by atoms with van der Waals surface area (Å²) in [6, 6.07) is 2.08. The van der Waals surface area contributed by atoms with Gasteiger partial charge in [-0.25, -0.2) is 4.39 Å². The van der Waals surface area contributed by atoms with E-state index < -0.39 is 23.3 Å². The van der Waals surface area contributed by atoms with Crippen molar-refractivity contribution < 1.29 is 28.3 Å². The molecule has 9 nitrogen and oxygen atoms in total. The second-order valence-electron chi connectivity index (χ2n) is 10.9. The number of halogens is 1. The van der Waals surface area contributed by atoms with E-state index in [0.717, 1.165) is 0 Å². The van der Waals surface area contributed by atoms with E-state index in [1.807, 2.05) is 20.8 Å². The largest absolute Gasteiger partial charge is 0.493 e. The highest BCUT2D eigenvalue weighted by Gasteiger charge is 2.46. The highest BCUT2D eigenvalue weighted by Crippen LogP contribution is 2.34. The molecule has 3 aliphatic heterocycles. The van der Waals surface area contributed by atoms with Crippen molar-refractivity contribution in [1.82, 2.24) is 20.4 Å². The Balaban J connectivity index is 1.54. The topological polar surface area (TPSA) is 108 Å². The number of carbonyl (C=O) groups excluding carboxylic acids is 4. The number of rotatable bonds is 3. The van der Waals surface area contributed by atoms with Crippen molar-refractivity contribution >= 4 is 23.6 Å². The van der Waals surface area contributed by atoms with Gasteiger partial charge in [-0.1, -0.05) is 26.8 Å². The first-order valence-corrected chi connectivity index (χ1v) is 12.6. The van der Waals surface area contributed by atoms with Crippen molar-refractivity contribution in [3.05, 3.63) is 29.6 Å². The van der Waals surface area contributed by atoms with Gasteiger partial charge in [0.1, 0.15) is 23.7 Å². The molecule has 36 heavy (non-hydrogen) atoms. The molecular formula is C26H35FN4O5. The number of nitrogens with one attached hydrogen (secondary N) is 2. The SMILES string of the molecule is CC(=O)N[C@H]1CN(C(=O)C(C)(C)C)CC[C@H]2CC[C@@H](C(=O)N[C@@H]3CCOc4cc(F)ccc43)N2C1=O. The number of carbonyl (C=O) groups is 4. The molecule has 4 atom stereocenters. The third-order valence-electron chi connectivity index (χ3n) is 7.13. The number of amides is 4. The van der Waals surface area contributed by atoms with Crippen LogP contribution in [0.4, 0.5) is 4.39 Å². The van der Waals surface area contributed by atoms with Crippen LogP contribution in [0.15, 0.2) is 18.2 Å². The number of nitrogens with zero attached hydrogens (tertiary/aromatic N) is 2. The number of ether oxygens (including phenoxy) is 1. The smallest absolute Gasteiger partial charge is 0.247 e. The summed E-state index contributed by atoms with van der Waals surface area (Å²) < 4.78 is 19.2. The Morgan fingerprint density at radius 3 is 2.50 bits per heavy atom. The van der Waals surface area contributed by atoms with Crippen molar-refractivity contribution in [3.63, 3.8) is 0 Å². The zero-order chi connectivity index (χ0) is 26.2. The number of benzene rings is 1. The van der Waals surface area contributed by atoms with Gasteiger partial charge < -0.3 is 25.2 Å². The molecule has 1 aromatic rings. The molecular weight excluding hydrogens is 467 g/mol. The van der Waals surface area contributed by atoms with Gasteiger partial charge in [0, 0.05) is 49.5 Å². The lowest BCUT2D eigenvalue weighted by Gasteiger charge is -2.40. The lowest BCUT2D eigenvalue weighted by molar-refractivity contribution is -0.149. The average molecular weight is 503 g/mol. The minimum absolute atomic E-state index is 0.0605. The minimum Gasteiger partial charge on any atom is -0.493 e. The molecule has 4 amide bonds. The molecule has 2 fully saturated rings. The number of hydrogen-bond donors (Lipinski definition) is 2. The van der Waals surface area contributed by atoms with E-state index in [9.17, 15) is 23.6 Å². The second kappa shape index (κ2) is 10.1. The first kappa shape index (κ1) is 25.9. The molecule has 3 aliphatic rings. The van der Waals surface area contributed by atoms with E-state index in [1.54, 1.807) is 15.9 Å². The summed E-state index contributed by atoms with van der Waals surface area (Å²) in [6.45, 7) is 7.66. The fraction of sp³-hybridized carbons (Fsp3) is 0.615. The Labute approximate surface area is 210 Å². The standard InChI is InChI=1S/C26H35FN4O5/c1-15(32)28-20-14-30(25(35)26(2,3)4)11-9-17-6-8-21(31(17)24(20)34)23(33)29-19-10-12-36-22-13-16(27)5-7-18(19)22/h5,7,13,17,19-21H,6,8-12,14H2,1-4H3,(H,28,32)(H,29,33)/t17-,19-,20+,21+/m1/s1. The summed E-state index contributed by atoms with van der Waals surface area (Å²) in [5, 5.41) is 5.74. The summed E-state index contributed by atoms with van der Waals surface area (Å²) >= 11 is 0. The molecule has 196 valence electrons. The van der Waals surface area contributed by atoms with Crippen LogP contribution in [0.5, 0.6) is 5.75 Å². The molecule has 0 aromatic heterocycles. The number of hydrogen-bond acceptors (Lipinski definition) is 5. The second-order valence-corrected chi connectivity index (χ2v) is 10.9. The first-order chi connectivity index (χ1) is 17.0. The van der Waals surface area contributed by atoms with Crippen LogP contribution in [0.2, 0.25) is 0 Å². The molecule has 0 saturated carbocycles. The lowest BCUT2D eigenvalue weighted by Crippen LogP contribution is -2.61. The van der Waals surface area contributed by atoms with Crippen LogP contribution in [0.25, 0.3) is 0 Å². The van der Waals surface area contributed by atoms with Crippen LogP contribution in [0.3, 0.4) is 0 Å². The van der Waals surface area contributed by atoms with Gasteiger partial charge >= 0.3 is 0 Å². The Bertz CT molecular complexity index is 1060. The van der Waals surface area contributed by atoms with E-state index in [1.165, 1.54) is 19.1 Å². The van der Waals surface area contributed by atoms with Gasteiger partial charge in [-0.3, -0.25) is 19.2 Å². The summed E-state index contributed by atoms with van der Waals surface area (Å²) in [4.78, 5) is 55.4. The predicted molar refractivity (Wildman–Crippen MR) is 129 cm³/mol. The molecule has 3 heterocycles. The quantitative estimate of drug-likeness (QED) is 0.657. The summed E-state index contributed by atoms with van der Waals surface area (Å²) in [7, 11) is 0. The monoisotopic (exact) mass is 502 g/mol. The molecule has 10 heteroatoms. The van der Waals surface area contributed by atoms with Crippen LogP contribution in [0, 0.1) is 11.2 Å². The van der Waals surface area contributed by atoms with Crippen molar-refractivity contribution in [3.8, 4) is 5.75 Å². The van der Waals surface area contributed by atoms with Crippen molar-refractivity contribution in [2.24, 2.45) is 5.41 Å². The van der Waals surface area contributed by atoms with Crippen molar-refractivity contribution in [2.45, 2.75) is 77.5 Å². The highest BCUT2D eigenvalue weighted by molar-refractivity contribution is 5.93. The maximum Gasteiger partial charge on any atom is 0.247 e. The van der Waals surface area contributed by atoms with Crippen LogP contribution >= 0.6 is 0 Å². The third kappa shape index (κ3) is 5.32. The molecule has 0 unspecified atom stereocenters. The highest BCUT2D eigenvalue weighted by atomic mass is 19.1. The molecule has 0 radical (unpaired) electrons. The van der Waals surface area contributed by atoms with Crippen LogP contribution < -0.4 is 15.4 Å². The Hall–Kier alpha value is -3.17. The predicted octanol–water partition coefficient (Wildman–Crippen LogP) is 1.91. The van der Waals surface area contributed by atoms with Crippen LogP contribution in [-0.2, 0) is 19.2 Å². The minimum atomic E-state index is -0.934. The molecule has 0 bridgehead atoms. The van der Waals surface area contributed by atoms with Crippen LogP contribution in [0.1, 0.15) is 65.0 Å². The van der Waals surface area contributed by atoms with Gasteiger partial charge in [0.25, 0.3) is 0 Å². The molecule has 2 N–H and O–H groups in total. The average Bonchev–Trinajstić information content (AvgIpc) is 3.22. The Kier molecular flexibility index (Phi) is 7.24. The molecule has 4 rings (SSSR count). The zero-order valence-electron chi connectivity index (χ0n) is 21.3. The fourth-order valence-electron chi connectivity index (χ4n) is 5.42. The lowest BCUT2D eigenvalue weighted by atomic mass is 9.93. The van der Waals surface area contributed by atoms with E-state index in [-0.39, 0.29) is 42.3 Å². The number of fused-ring (bicyclic) bond motifs is 2. The zero-order valence-corrected chi connectivity index (χ0v) is 21.3. The van der Waals surface area contributed by atoms with E-state index in [2.05, 4.69) is 10.6 Å². The summed E-state index contributed by atoms with van der Waals surface area (Å²) in [5.74, 6) is -1.09. The van der Waals surface area contributed by atoms with Gasteiger partial charge in [-0.15, -0.1) is 0 Å². The Morgan fingerprint density at radius 2 is 1.81 bits per heavy atom. The fourth-order valence-corrected chi connectivity index (χ4v) is 5.42. The van der Waals surface area contributed by atoms with E-state index in [0.29, 0.717) is 50.1 Å². The van der Waals surface area contributed by atoms with Crippen molar-refractivity contribution in [1.29, 1.82) is 0 Å². The van der Waals surface area contributed by atoms with Gasteiger partial charge in [-0.2, -0.15) is 0 Å². The maximum atomic E-state index is 13.7. The molecule has 0 aliphatic carbocycles. The van der Waals surface area contributed by atoms with Gasteiger partial charge in [0.05, 0.1) is 12.6 Å². The molecule has 2 saturated heterocycles. The molecule has 0 spiro atoms. The summed E-state index contributed by atoms with van der Waals surface area (Å²) in [5.41, 5.74) is 0.0842. The van der Waals surface area contributed by atoms with Gasteiger partial charge in [-0.05, 0) is 25.3 Å². The van der Waals surface area contributed by atoms with Crippen molar-refractivity contribution in [2.75, 3.05) is 19.7 Å². The van der Waals surface area contributed by atoms with E-state index >= 15 is 0 Å². The molecule has 1 aromatic carbocycles. The van der Waals surface area contributed by atoms with Crippen LogP contribution in [-0.4, -0.2) is 71.3 Å². The van der Waals surface area contributed by atoms with E-state index in [4.69, 9.17) is 4.74 Å². The van der Waals surface area contributed by atoms with Gasteiger partial charge in [0.2, 0.25) is 23.6 Å². The van der Waals surface area contributed by atoms with Gasteiger partial charge in [0.15, 0.2) is 0 Å². The third-order valence-corrected chi connectivity index (χ3v) is 7.13. The first-order valence-electron chi connectivity index (χ1n) is 12.6. The maximum absolute atomic E-state index is 13.7.